The standard InChI is InChI=1S/C13H26N2/c1-12(2)7-8-15(9-12)10-13(3)6-4-5-11(13)14/h11H,4-10,14H2,1-3H3. The Labute approximate surface area is 94.2 Å². The lowest BCUT2D eigenvalue weighted by molar-refractivity contribution is 0.166. The molecule has 0 bridgehead atoms. The Bertz CT molecular complexity index is 237. The van der Waals surface area contributed by atoms with E-state index in [1.165, 1.54) is 45.3 Å². The summed E-state index contributed by atoms with van der Waals surface area (Å²) in [4.78, 5) is 2.63. The van der Waals surface area contributed by atoms with E-state index in [0.29, 0.717) is 16.9 Å². The molecule has 88 valence electrons. The van der Waals surface area contributed by atoms with Crippen molar-refractivity contribution in [2.24, 2.45) is 16.6 Å². The van der Waals surface area contributed by atoms with Crippen LogP contribution in [0, 0.1) is 10.8 Å². The van der Waals surface area contributed by atoms with E-state index in [-0.39, 0.29) is 0 Å². The van der Waals surface area contributed by atoms with Crippen molar-refractivity contribution in [2.45, 2.75) is 52.5 Å². The van der Waals surface area contributed by atoms with Crippen LogP contribution in [0.25, 0.3) is 0 Å². The number of likely N-dealkylation sites (tertiary alicyclic amines) is 1. The first-order chi connectivity index (χ1) is 6.91. The summed E-state index contributed by atoms with van der Waals surface area (Å²) in [6.45, 7) is 10.9. The molecule has 0 aromatic rings. The highest BCUT2D eigenvalue weighted by Gasteiger charge is 2.40. The molecular weight excluding hydrogens is 184 g/mol. The molecule has 1 saturated carbocycles. The summed E-state index contributed by atoms with van der Waals surface area (Å²) in [7, 11) is 0. The molecule has 0 spiro atoms. The van der Waals surface area contributed by atoms with Gasteiger partial charge in [0.25, 0.3) is 0 Å². The molecule has 2 fully saturated rings. The molecule has 0 amide bonds. The molecule has 1 heterocycles. The van der Waals surface area contributed by atoms with Crippen molar-refractivity contribution in [3.8, 4) is 0 Å². The second kappa shape index (κ2) is 3.74. The zero-order chi connectivity index (χ0) is 11.1. The van der Waals surface area contributed by atoms with Crippen LogP contribution in [0.5, 0.6) is 0 Å². The maximum absolute atomic E-state index is 6.23. The minimum atomic E-state index is 0.389. The van der Waals surface area contributed by atoms with Crippen LogP contribution >= 0.6 is 0 Å². The Kier molecular flexibility index (Phi) is 2.85. The van der Waals surface area contributed by atoms with Crippen LogP contribution in [0.3, 0.4) is 0 Å². The summed E-state index contributed by atoms with van der Waals surface area (Å²) >= 11 is 0. The van der Waals surface area contributed by atoms with Crippen molar-refractivity contribution in [1.29, 1.82) is 0 Å². The van der Waals surface area contributed by atoms with Gasteiger partial charge in [0.1, 0.15) is 0 Å². The Morgan fingerprint density at radius 1 is 1.27 bits per heavy atom. The van der Waals surface area contributed by atoms with Crippen molar-refractivity contribution >= 4 is 0 Å². The van der Waals surface area contributed by atoms with E-state index < -0.39 is 0 Å². The first-order valence-electron chi connectivity index (χ1n) is 6.39. The lowest BCUT2D eigenvalue weighted by Gasteiger charge is -2.34. The smallest absolute Gasteiger partial charge is 0.0105 e. The van der Waals surface area contributed by atoms with E-state index in [2.05, 4.69) is 25.7 Å². The third kappa shape index (κ3) is 2.36. The van der Waals surface area contributed by atoms with Gasteiger partial charge in [-0.3, -0.25) is 0 Å². The van der Waals surface area contributed by atoms with Gasteiger partial charge in [0.05, 0.1) is 0 Å². The van der Waals surface area contributed by atoms with Crippen LogP contribution < -0.4 is 5.73 Å². The highest BCUT2D eigenvalue weighted by atomic mass is 15.2. The third-order valence-electron chi connectivity index (χ3n) is 4.50. The monoisotopic (exact) mass is 210 g/mol. The molecule has 2 heteroatoms. The van der Waals surface area contributed by atoms with Crippen LogP contribution in [-0.2, 0) is 0 Å². The molecule has 2 unspecified atom stereocenters. The fraction of sp³-hybridized carbons (Fsp3) is 1.00. The molecule has 15 heavy (non-hydrogen) atoms. The van der Waals surface area contributed by atoms with Gasteiger partial charge >= 0.3 is 0 Å². The summed E-state index contributed by atoms with van der Waals surface area (Å²) < 4.78 is 0. The predicted octanol–water partition coefficient (Wildman–Crippen LogP) is 2.24. The van der Waals surface area contributed by atoms with Crippen LogP contribution in [0.15, 0.2) is 0 Å². The summed E-state index contributed by atoms with van der Waals surface area (Å²) in [6, 6.07) is 0.432. The number of hydrogen-bond donors (Lipinski definition) is 1. The van der Waals surface area contributed by atoms with Gasteiger partial charge in [-0.15, -0.1) is 0 Å². The van der Waals surface area contributed by atoms with E-state index in [0.717, 1.165) is 0 Å². The Balaban J connectivity index is 1.92. The van der Waals surface area contributed by atoms with Crippen LogP contribution in [0.4, 0.5) is 0 Å². The zero-order valence-corrected chi connectivity index (χ0v) is 10.6. The second-order valence-corrected chi connectivity index (χ2v) is 6.78. The first-order valence-corrected chi connectivity index (χ1v) is 6.39. The molecule has 1 aliphatic carbocycles. The van der Waals surface area contributed by atoms with E-state index in [1.54, 1.807) is 0 Å². The van der Waals surface area contributed by atoms with Gasteiger partial charge in [-0.05, 0) is 36.6 Å². The van der Waals surface area contributed by atoms with Gasteiger partial charge in [0.2, 0.25) is 0 Å². The quantitative estimate of drug-likeness (QED) is 0.757. The normalized spacial score (nSPS) is 41.2. The lowest BCUT2D eigenvalue weighted by atomic mass is 9.84. The molecule has 2 nitrogen and oxygen atoms in total. The molecule has 1 saturated heterocycles. The van der Waals surface area contributed by atoms with E-state index in [4.69, 9.17) is 5.73 Å². The molecule has 0 aromatic carbocycles. The van der Waals surface area contributed by atoms with E-state index in [9.17, 15) is 0 Å². The average molecular weight is 210 g/mol. The Morgan fingerprint density at radius 2 is 2.00 bits per heavy atom. The summed E-state index contributed by atoms with van der Waals surface area (Å²) in [5, 5.41) is 0. The maximum Gasteiger partial charge on any atom is 0.0105 e. The molecule has 0 radical (unpaired) electrons. The van der Waals surface area contributed by atoms with Gasteiger partial charge in [-0.1, -0.05) is 27.2 Å². The molecular formula is C13H26N2. The summed E-state index contributed by atoms with van der Waals surface area (Å²) in [6.07, 6.45) is 5.23. The number of rotatable bonds is 2. The highest BCUT2D eigenvalue weighted by molar-refractivity contribution is 4.95. The lowest BCUT2D eigenvalue weighted by Crippen LogP contribution is -2.43. The fourth-order valence-corrected chi connectivity index (χ4v) is 3.33. The molecule has 0 aromatic heterocycles. The molecule has 2 N–H and O–H groups in total. The summed E-state index contributed by atoms with van der Waals surface area (Å²) in [5.74, 6) is 0. The topological polar surface area (TPSA) is 29.3 Å². The third-order valence-corrected chi connectivity index (χ3v) is 4.50. The maximum atomic E-state index is 6.23. The first kappa shape index (κ1) is 11.4. The number of nitrogens with zero attached hydrogens (tertiary/aromatic N) is 1. The zero-order valence-electron chi connectivity index (χ0n) is 10.6. The van der Waals surface area contributed by atoms with Gasteiger partial charge in [0, 0.05) is 19.1 Å². The average Bonchev–Trinajstić information content (AvgIpc) is 2.59. The van der Waals surface area contributed by atoms with Crippen molar-refractivity contribution in [3.63, 3.8) is 0 Å². The number of nitrogens with two attached hydrogens (primary N) is 1. The van der Waals surface area contributed by atoms with E-state index in [1.807, 2.05) is 0 Å². The van der Waals surface area contributed by atoms with Gasteiger partial charge in [0.15, 0.2) is 0 Å². The van der Waals surface area contributed by atoms with Crippen molar-refractivity contribution in [2.75, 3.05) is 19.6 Å². The molecule has 2 atom stereocenters. The second-order valence-electron chi connectivity index (χ2n) is 6.78. The Hall–Kier alpha value is -0.0800. The minimum Gasteiger partial charge on any atom is -0.327 e. The van der Waals surface area contributed by atoms with Gasteiger partial charge < -0.3 is 10.6 Å². The molecule has 1 aliphatic heterocycles. The van der Waals surface area contributed by atoms with Crippen LogP contribution in [0.2, 0.25) is 0 Å². The minimum absolute atomic E-state index is 0.389. The van der Waals surface area contributed by atoms with Gasteiger partial charge in [-0.2, -0.15) is 0 Å². The highest BCUT2D eigenvalue weighted by Crippen LogP contribution is 2.39. The van der Waals surface area contributed by atoms with Crippen molar-refractivity contribution in [1.82, 2.24) is 4.90 Å². The predicted molar refractivity (Wildman–Crippen MR) is 64.8 cm³/mol. The van der Waals surface area contributed by atoms with E-state index >= 15 is 0 Å². The van der Waals surface area contributed by atoms with Crippen LogP contribution in [0.1, 0.15) is 46.5 Å². The van der Waals surface area contributed by atoms with Crippen molar-refractivity contribution < 1.29 is 0 Å². The van der Waals surface area contributed by atoms with Gasteiger partial charge in [-0.25, -0.2) is 0 Å². The SMILES string of the molecule is CC1(C)CCN(CC2(C)CCCC2N)C1. The molecule has 2 aliphatic rings. The molecule has 2 rings (SSSR count). The van der Waals surface area contributed by atoms with Crippen LogP contribution in [-0.4, -0.2) is 30.6 Å². The Morgan fingerprint density at radius 3 is 2.47 bits per heavy atom. The van der Waals surface area contributed by atoms with Crippen molar-refractivity contribution in [3.05, 3.63) is 0 Å². The number of hydrogen-bond acceptors (Lipinski definition) is 2. The largest absolute Gasteiger partial charge is 0.327 e. The summed E-state index contributed by atoms with van der Waals surface area (Å²) in [5.41, 5.74) is 7.15. The fourth-order valence-electron chi connectivity index (χ4n) is 3.33.